The minimum Gasteiger partial charge on any atom is -0.367 e. The molecule has 6 heteroatoms. The largest absolute Gasteiger partial charge is 0.416 e. The van der Waals surface area contributed by atoms with Gasteiger partial charge >= 0.3 is 6.18 Å². The number of halogens is 4. The summed E-state index contributed by atoms with van der Waals surface area (Å²) < 4.78 is 37.9. The molecule has 1 aliphatic carbocycles. The minimum absolute atomic E-state index is 0.165. The van der Waals surface area contributed by atoms with E-state index in [0.29, 0.717) is 5.92 Å². The fourth-order valence-corrected chi connectivity index (χ4v) is 2.12. The molecule has 1 fully saturated rings. The number of rotatable bonds is 3. The molecule has 94 valence electrons. The number of aromatic nitrogens is 1. The highest BCUT2D eigenvalue weighted by molar-refractivity contribution is 9.10. The Bertz CT molecular complexity index is 416. The van der Waals surface area contributed by atoms with E-state index >= 15 is 0 Å². The van der Waals surface area contributed by atoms with Crippen LogP contribution in [0.3, 0.4) is 0 Å². The van der Waals surface area contributed by atoms with Crippen molar-refractivity contribution in [2.45, 2.75) is 32.0 Å². The lowest BCUT2D eigenvalue weighted by atomic mass is 10.2. The van der Waals surface area contributed by atoms with Crippen molar-refractivity contribution in [2.75, 3.05) is 5.32 Å². The van der Waals surface area contributed by atoms with Crippen molar-refractivity contribution in [1.29, 1.82) is 0 Å². The molecule has 17 heavy (non-hydrogen) atoms. The van der Waals surface area contributed by atoms with Crippen LogP contribution in [0, 0.1) is 5.92 Å². The molecule has 0 unspecified atom stereocenters. The maximum atomic E-state index is 12.6. The molecule has 1 saturated carbocycles. The second-order valence-corrected chi connectivity index (χ2v) is 5.14. The molecule has 1 aromatic heterocycles. The molecule has 1 heterocycles. The van der Waals surface area contributed by atoms with Gasteiger partial charge in [0, 0.05) is 6.04 Å². The number of nitrogens with one attached hydrogen (secondary N) is 1. The molecule has 0 bridgehead atoms. The van der Waals surface area contributed by atoms with E-state index in [2.05, 4.69) is 26.2 Å². The summed E-state index contributed by atoms with van der Waals surface area (Å²) in [6.45, 7) is 1.97. The first-order valence-corrected chi connectivity index (χ1v) is 6.17. The van der Waals surface area contributed by atoms with Gasteiger partial charge < -0.3 is 5.32 Å². The lowest BCUT2D eigenvalue weighted by Crippen LogP contribution is -2.19. The van der Waals surface area contributed by atoms with Crippen molar-refractivity contribution in [3.8, 4) is 0 Å². The van der Waals surface area contributed by atoms with Gasteiger partial charge in [-0.2, -0.15) is 13.2 Å². The lowest BCUT2D eigenvalue weighted by Gasteiger charge is -2.15. The topological polar surface area (TPSA) is 24.9 Å². The zero-order valence-corrected chi connectivity index (χ0v) is 10.8. The number of pyridine rings is 1. The molecule has 2 nitrogen and oxygen atoms in total. The Kier molecular flexibility index (Phi) is 3.34. The van der Waals surface area contributed by atoms with Gasteiger partial charge in [0.25, 0.3) is 0 Å². The molecule has 0 aliphatic heterocycles. The van der Waals surface area contributed by atoms with Crippen LogP contribution >= 0.6 is 15.9 Å². The summed E-state index contributed by atoms with van der Waals surface area (Å²) in [4.78, 5) is 4.00. The highest BCUT2D eigenvalue weighted by Crippen LogP contribution is 2.35. The first kappa shape index (κ1) is 12.7. The third-order valence-electron chi connectivity index (χ3n) is 2.83. The molecule has 0 saturated heterocycles. The summed E-state index contributed by atoms with van der Waals surface area (Å²) in [5, 5.41) is 3.02. The van der Waals surface area contributed by atoms with E-state index in [1.807, 2.05) is 6.92 Å². The van der Waals surface area contributed by atoms with Crippen molar-refractivity contribution in [3.63, 3.8) is 0 Å². The second-order valence-electron chi connectivity index (χ2n) is 4.33. The summed E-state index contributed by atoms with van der Waals surface area (Å²) in [5.74, 6) is 0.830. The van der Waals surface area contributed by atoms with Gasteiger partial charge in [-0.15, -0.1) is 0 Å². The maximum Gasteiger partial charge on any atom is 0.416 e. The molecule has 0 spiro atoms. The van der Waals surface area contributed by atoms with E-state index in [1.165, 1.54) is 0 Å². The van der Waals surface area contributed by atoms with Crippen LogP contribution in [0.15, 0.2) is 16.7 Å². The summed E-state index contributed by atoms with van der Waals surface area (Å²) >= 11 is 3.00. The van der Waals surface area contributed by atoms with Crippen molar-refractivity contribution in [1.82, 2.24) is 4.98 Å². The van der Waals surface area contributed by atoms with Crippen LogP contribution in [-0.2, 0) is 6.18 Å². The number of alkyl halides is 3. The van der Waals surface area contributed by atoms with Gasteiger partial charge in [-0.1, -0.05) is 0 Å². The normalized spacial score (nSPS) is 17.9. The molecule has 1 aliphatic rings. The van der Waals surface area contributed by atoms with Gasteiger partial charge in [0.05, 0.1) is 5.56 Å². The summed E-state index contributed by atoms with van der Waals surface area (Å²) in [7, 11) is 0. The van der Waals surface area contributed by atoms with Crippen LogP contribution in [0.5, 0.6) is 0 Å². The van der Waals surface area contributed by atoms with Crippen LogP contribution in [0.4, 0.5) is 19.0 Å². The first-order chi connectivity index (χ1) is 7.86. The first-order valence-electron chi connectivity index (χ1n) is 5.37. The Morgan fingerprint density at radius 3 is 2.59 bits per heavy atom. The minimum atomic E-state index is -4.34. The van der Waals surface area contributed by atoms with Gasteiger partial charge in [0.1, 0.15) is 10.4 Å². The van der Waals surface area contributed by atoms with Gasteiger partial charge in [0.15, 0.2) is 0 Å². The predicted molar refractivity (Wildman–Crippen MR) is 62.7 cm³/mol. The summed E-state index contributed by atoms with van der Waals surface area (Å²) in [5.41, 5.74) is -0.690. The quantitative estimate of drug-likeness (QED) is 0.851. The van der Waals surface area contributed by atoms with Crippen molar-refractivity contribution in [3.05, 3.63) is 22.3 Å². The highest BCUT2D eigenvalue weighted by atomic mass is 79.9. The third kappa shape index (κ3) is 3.34. The van der Waals surface area contributed by atoms with E-state index in [0.717, 1.165) is 25.0 Å². The Morgan fingerprint density at radius 2 is 2.06 bits per heavy atom. The highest BCUT2D eigenvalue weighted by Gasteiger charge is 2.32. The van der Waals surface area contributed by atoms with E-state index < -0.39 is 11.7 Å². The molecular formula is C11H12BrF3N2. The summed E-state index contributed by atoms with van der Waals surface area (Å²) in [6, 6.07) is 2.19. The molecular weight excluding hydrogens is 297 g/mol. The smallest absolute Gasteiger partial charge is 0.367 e. The van der Waals surface area contributed by atoms with Gasteiger partial charge in [-0.3, -0.25) is 0 Å². The van der Waals surface area contributed by atoms with Crippen molar-refractivity contribution < 1.29 is 13.2 Å². The van der Waals surface area contributed by atoms with Gasteiger partial charge in [0.2, 0.25) is 0 Å². The van der Waals surface area contributed by atoms with Crippen LogP contribution in [0.1, 0.15) is 25.3 Å². The number of anilines is 1. The predicted octanol–water partition coefficient (Wildman–Crippen LogP) is 4.07. The molecule has 2 rings (SSSR count). The number of hydrogen-bond acceptors (Lipinski definition) is 2. The second kappa shape index (κ2) is 4.48. The molecule has 1 aromatic rings. The lowest BCUT2D eigenvalue weighted by molar-refractivity contribution is -0.137. The van der Waals surface area contributed by atoms with Crippen LogP contribution in [0.25, 0.3) is 0 Å². The molecule has 1 N–H and O–H groups in total. The van der Waals surface area contributed by atoms with Crippen molar-refractivity contribution in [2.24, 2.45) is 5.92 Å². The third-order valence-corrected chi connectivity index (χ3v) is 3.23. The van der Waals surface area contributed by atoms with Gasteiger partial charge in [-0.25, -0.2) is 4.98 Å². The fourth-order valence-electron chi connectivity index (χ4n) is 1.68. The van der Waals surface area contributed by atoms with E-state index in [1.54, 1.807) is 0 Å². The summed E-state index contributed by atoms with van der Waals surface area (Å²) in [6.07, 6.45) is -2.08. The zero-order valence-electron chi connectivity index (χ0n) is 9.18. The van der Waals surface area contributed by atoms with E-state index in [-0.39, 0.29) is 16.5 Å². The van der Waals surface area contributed by atoms with Crippen LogP contribution in [-0.4, -0.2) is 11.0 Å². The average molecular weight is 309 g/mol. The van der Waals surface area contributed by atoms with E-state index in [4.69, 9.17) is 0 Å². The average Bonchev–Trinajstić information content (AvgIpc) is 2.97. The SMILES string of the molecule is C[C@@H](Nc1cc(C(F)(F)F)cc(Br)n1)C1CC1. The number of hydrogen-bond donors (Lipinski definition) is 1. The molecule has 1 atom stereocenters. The zero-order chi connectivity index (χ0) is 12.6. The maximum absolute atomic E-state index is 12.6. The number of nitrogens with zero attached hydrogens (tertiary/aromatic N) is 1. The van der Waals surface area contributed by atoms with E-state index in [9.17, 15) is 13.2 Å². The standard InChI is InChI=1S/C11H12BrF3N2/c1-6(7-2-3-7)16-10-5-8(11(13,14)15)4-9(12)17-10/h4-7H,2-3H2,1H3,(H,16,17)/t6-/m1/s1. The Morgan fingerprint density at radius 1 is 1.41 bits per heavy atom. The molecule has 0 aromatic carbocycles. The Labute approximate surface area is 106 Å². The fraction of sp³-hybridized carbons (Fsp3) is 0.545. The molecule has 0 radical (unpaired) electrons. The van der Waals surface area contributed by atoms with Gasteiger partial charge in [-0.05, 0) is 53.7 Å². The monoisotopic (exact) mass is 308 g/mol. The van der Waals surface area contributed by atoms with Crippen molar-refractivity contribution >= 4 is 21.7 Å². The van der Waals surface area contributed by atoms with Crippen LogP contribution < -0.4 is 5.32 Å². The Balaban J connectivity index is 2.19. The molecule has 0 amide bonds. The Hall–Kier alpha value is -0.780. The van der Waals surface area contributed by atoms with Crippen LogP contribution in [0.2, 0.25) is 0 Å².